The van der Waals surface area contributed by atoms with Gasteiger partial charge in [0.15, 0.2) is 16.5 Å². The van der Waals surface area contributed by atoms with Crippen LogP contribution in [0.4, 0.5) is 5.82 Å². The van der Waals surface area contributed by atoms with Crippen LogP contribution in [-0.2, 0) is 16.6 Å². The molecule has 0 saturated carbocycles. The third-order valence-corrected chi connectivity index (χ3v) is 5.64. The van der Waals surface area contributed by atoms with Crippen LogP contribution < -0.4 is 18.9 Å². The van der Waals surface area contributed by atoms with Crippen molar-refractivity contribution in [2.75, 3.05) is 26.1 Å². The lowest BCUT2D eigenvalue weighted by Crippen LogP contribution is -2.15. The van der Waals surface area contributed by atoms with E-state index in [1.165, 1.54) is 39.5 Å². The van der Waals surface area contributed by atoms with Gasteiger partial charge in [0.25, 0.3) is 10.0 Å². The van der Waals surface area contributed by atoms with Crippen LogP contribution in [0.25, 0.3) is 11.3 Å². The van der Waals surface area contributed by atoms with E-state index < -0.39 is 10.0 Å². The van der Waals surface area contributed by atoms with E-state index in [4.69, 9.17) is 18.7 Å². The first-order chi connectivity index (χ1) is 14.4. The molecule has 0 aliphatic rings. The largest absolute Gasteiger partial charge is 0.496 e. The first-order valence-electron chi connectivity index (χ1n) is 8.73. The Kier molecular flexibility index (Phi) is 6.26. The van der Waals surface area contributed by atoms with Gasteiger partial charge in [0.05, 0.1) is 33.4 Å². The lowest BCUT2D eigenvalue weighted by Gasteiger charge is -2.13. The maximum atomic E-state index is 13.0. The number of nitrogens with zero attached hydrogens (tertiary/aromatic N) is 2. The van der Waals surface area contributed by atoms with Crippen LogP contribution in [0.2, 0.25) is 0 Å². The van der Waals surface area contributed by atoms with E-state index in [1.54, 1.807) is 12.1 Å². The molecule has 1 heterocycles. The van der Waals surface area contributed by atoms with Crippen molar-refractivity contribution in [1.29, 1.82) is 0 Å². The fourth-order valence-electron chi connectivity index (χ4n) is 2.90. The van der Waals surface area contributed by atoms with Gasteiger partial charge in [-0.15, -0.1) is 0 Å². The van der Waals surface area contributed by atoms with E-state index in [1.807, 2.05) is 12.1 Å². The predicted octanol–water partition coefficient (Wildman–Crippen LogP) is 3.37. The summed E-state index contributed by atoms with van der Waals surface area (Å²) in [4.78, 5) is 3.72. The number of rotatable bonds is 9. The van der Waals surface area contributed by atoms with Gasteiger partial charge in [0.1, 0.15) is 17.2 Å². The van der Waals surface area contributed by atoms with Crippen molar-refractivity contribution in [3.05, 3.63) is 48.0 Å². The highest BCUT2D eigenvalue weighted by atomic mass is 32.2. The van der Waals surface area contributed by atoms with Crippen molar-refractivity contribution in [3.63, 3.8) is 0 Å². The van der Waals surface area contributed by atoms with Crippen molar-refractivity contribution in [1.82, 2.24) is 5.16 Å². The molecule has 0 saturated heterocycles. The van der Waals surface area contributed by atoms with Crippen LogP contribution in [0.15, 0.2) is 56.9 Å². The number of hydrogen-bond acceptors (Lipinski definition) is 8. The minimum Gasteiger partial charge on any atom is -0.496 e. The Morgan fingerprint density at radius 1 is 1.03 bits per heavy atom. The number of anilines is 1. The standard InChI is InChI=1S/C20H21N3O6S/c1-21-12-13-8-9-15(26-2)14(10-13)18-11-19(22-29-18)23-30(24,25)20-16(27-3)6-5-7-17(20)28-4/h5-11H,1,12H2,2-4H3,(H,22,23). The van der Waals surface area contributed by atoms with Crippen molar-refractivity contribution in [2.24, 2.45) is 4.99 Å². The Bertz CT molecular complexity index is 1130. The molecule has 9 nitrogen and oxygen atoms in total. The molecule has 0 bridgehead atoms. The lowest BCUT2D eigenvalue weighted by atomic mass is 10.1. The molecule has 3 rings (SSSR count). The first kappa shape index (κ1) is 21.2. The van der Waals surface area contributed by atoms with Gasteiger partial charge < -0.3 is 18.7 Å². The molecule has 10 heteroatoms. The van der Waals surface area contributed by atoms with Crippen LogP contribution >= 0.6 is 0 Å². The van der Waals surface area contributed by atoms with Gasteiger partial charge in [-0.25, -0.2) is 8.42 Å². The lowest BCUT2D eigenvalue weighted by molar-refractivity contribution is 0.373. The maximum Gasteiger partial charge on any atom is 0.270 e. The SMILES string of the molecule is C=NCc1ccc(OC)c(-c2cc(NS(=O)(=O)c3c(OC)cccc3OC)no2)c1. The van der Waals surface area contributed by atoms with E-state index in [-0.39, 0.29) is 22.2 Å². The molecule has 0 radical (unpaired) electrons. The Labute approximate surface area is 174 Å². The zero-order chi connectivity index (χ0) is 21.7. The maximum absolute atomic E-state index is 13.0. The normalized spacial score (nSPS) is 11.0. The first-order valence-corrected chi connectivity index (χ1v) is 10.2. The zero-order valence-electron chi connectivity index (χ0n) is 16.7. The highest BCUT2D eigenvalue weighted by Gasteiger charge is 2.26. The number of sulfonamides is 1. The minimum atomic E-state index is -4.08. The molecule has 0 amide bonds. The summed E-state index contributed by atoms with van der Waals surface area (Å²) in [6.45, 7) is 3.90. The second-order valence-corrected chi connectivity index (χ2v) is 7.71. The molecule has 0 atom stereocenters. The summed E-state index contributed by atoms with van der Waals surface area (Å²) in [5.74, 6) is 1.13. The van der Waals surface area contributed by atoms with E-state index >= 15 is 0 Å². The summed E-state index contributed by atoms with van der Waals surface area (Å²) in [5.41, 5.74) is 1.49. The van der Waals surface area contributed by atoms with Crippen LogP contribution in [-0.4, -0.2) is 41.6 Å². The average Bonchev–Trinajstić information content (AvgIpc) is 3.20. The summed E-state index contributed by atoms with van der Waals surface area (Å²) >= 11 is 0. The molecule has 3 aromatic rings. The molecule has 30 heavy (non-hydrogen) atoms. The molecule has 0 aliphatic heterocycles. The summed E-state index contributed by atoms with van der Waals surface area (Å²) in [5, 5.41) is 3.83. The fraction of sp³-hybridized carbons (Fsp3) is 0.200. The minimum absolute atomic E-state index is 0.00717. The zero-order valence-corrected chi connectivity index (χ0v) is 17.5. The van der Waals surface area contributed by atoms with Crippen molar-refractivity contribution in [3.8, 4) is 28.6 Å². The van der Waals surface area contributed by atoms with Crippen molar-refractivity contribution >= 4 is 22.6 Å². The van der Waals surface area contributed by atoms with Gasteiger partial charge in [0, 0.05) is 6.07 Å². The quantitative estimate of drug-likeness (QED) is 0.517. The summed E-state index contributed by atoms with van der Waals surface area (Å²) < 4.78 is 49.4. The van der Waals surface area contributed by atoms with Gasteiger partial charge >= 0.3 is 0 Å². The predicted molar refractivity (Wildman–Crippen MR) is 112 cm³/mol. The molecule has 0 unspecified atom stereocenters. The van der Waals surface area contributed by atoms with Gasteiger partial charge in [0.2, 0.25) is 0 Å². The molecule has 0 aliphatic carbocycles. The van der Waals surface area contributed by atoms with Crippen LogP contribution in [0.3, 0.4) is 0 Å². The van der Waals surface area contributed by atoms with E-state index in [9.17, 15) is 8.42 Å². The smallest absolute Gasteiger partial charge is 0.270 e. The number of benzene rings is 2. The van der Waals surface area contributed by atoms with Crippen molar-refractivity contribution in [2.45, 2.75) is 11.4 Å². The molecule has 1 aromatic heterocycles. The summed E-state index contributed by atoms with van der Waals surface area (Å²) in [6.07, 6.45) is 0. The summed E-state index contributed by atoms with van der Waals surface area (Å²) in [6, 6.07) is 11.6. The van der Waals surface area contributed by atoms with E-state index in [0.717, 1.165) is 5.56 Å². The van der Waals surface area contributed by atoms with Crippen molar-refractivity contribution < 1.29 is 27.2 Å². The van der Waals surface area contributed by atoms with Gasteiger partial charge in [-0.1, -0.05) is 17.3 Å². The molecular formula is C20H21N3O6S. The Hall–Kier alpha value is -3.53. The highest BCUT2D eigenvalue weighted by molar-refractivity contribution is 7.93. The Balaban J connectivity index is 1.97. The van der Waals surface area contributed by atoms with Gasteiger partial charge in [-0.2, -0.15) is 0 Å². The van der Waals surface area contributed by atoms with Gasteiger partial charge in [-0.05, 0) is 36.5 Å². The highest BCUT2D eigenvalue weighted by Crippen LogP contribution is 2.36. The van der Waals surface area contributed by atoms with E-state index in [2.05, 4.69) is 21.6 Å². The third kappa shape index (κ3) is 4.23. The number of nitrogens with one attached hydrogen (secondary N) is 1. The second-order valence-electron chi connectivity index (χ2n) is 6.09. The molecule has 0 spiro atoms. The number of methoxy groups -OCH3 is 3. The van der Waals surface area contributed by atoms with Crippen LogP contribution in [0.1, 0.15) is 5.56 Å². The average molecular weight is 431 g/mol. The number of hydrogen-bond donors (Lipinski definition) is 1. The molecular weight excluding hydrogens is 410 g/mol. The number of aromatic nitrogens is 1. The molecule has 2 aromatic carbocycles. The molecule has 1 N–H and O–H groups in total. The second kappa shape index (κ2) is 8.87. The number of ether oxygens (including phenoxy) is 3. The van der Waals surface area contributed by atoms with Gasteiger partial charge in [-0.3, -0.25) is 9.71 Å². The topological polar surface area (TPSA) is 112 Å². The van der Waals surface area contributed by atoms with Crippen LogP contribution in [0.5, 0.6) is 17.2 Å². The van der Waals surface area contributed by atoms with Crippen LogP contribution in [0, 0.1) is 0 Å². The summed E-state index contributed by atoms with van der Waals surface area (Å²) in [7, 11) is 0.198. The monoisotopic (exact) mass is 431 g/mol. The fourth-order valence-corrected chi connectivity index (χ4v) is 4.20. The Morgan fingerprint density at radius 3 is 2.30 bits per heavy atom. The molecule has 0 fully saturated rings. The van der Waals surface area contributed by atoms with E-state index in [0.29, 0.717) is 23.6 Å². The number of aliphatic imine (C=N–C) groups is 1. The Morgan fingerprint density at radius 2 is 1.70 bits per heavy atom. The molecule has 158 valence electrons. The third-order valence-electron chi connectivity index (χ3n) is 4.22.